The molecule has 0 aliphatic heterocycles. The fourth-order valence-corrected chi connectivity index (χ4v) is 2.49. The maximum Gasteiger partial charge on any atom is 0.337 e. The molecule has 2 amide bonds. The summed E-state index contributed by atoms with van der Waals surface area (Å²) in [5, 5.41) is 0. The molecule has 0 fully saturated rings. The highest BCUT2D eigenvalue weighted by atomic mass is 16.5. The lowest BCUT2D eigenvalue weighted by Crippen LogP contribution is -2.40. The van der Waals surface area contributed by atoms with E-state index in [-0.39, 0.29) is 12.4 Å². The SMILES string of the molecule is COC(=O)c1ccc(/C=C/C(=O)NNC(=O)c2ccc(COc3ccccc3)o2)cc1. The zero-order valence-corrected chi connectivity index (χ0v) is 16.7. The molecular weight excluding hydrogens is 400 g/mol. The van der Waals surface area contributed by atoms with Crippen molar-refractivity contribution in [2.45, 2.75) is 6.61 Å². The lowest BCUT2D eigenvalue weighted by molar-refractivity contribution is -0.117. The van der Waals surface area contributed by atoms with E-state index >= 15 is 0 Å². The van der Waals surface area contributed by atoms with Gasteiger partial charge in [-0.3, -0.25) is 20.4 Å². The fourth-order valence-electron chi connectivity index (χ4n) is 2.49. The van der Waals surface area contributed by atoms with Crippen molar-refractivity contribution in [2.24, 2.45) is 0 Å². The molecule has 0 aliphatic carbocycles. The lowest BCUT2D eigenvalue weighted by Gasteiger charge is -2.04. The van der Waals surface area contributed by atoms with Crippen LogP contribution in [-0.2, 0) is 16.1 Å². The zero-order chi connectivity index (χ0) is 22.1. The minimum atomic E-state index is -0.602. The Kier molecular flexibility index (Phi) is 7.21. The number of carbonyl (C=O) groups excluding carboxylic acids is 3. The number of rotatable bonds is 7. The quantitative estimate of drug-likeness (QED) is 0.346. The monoisotopic (exact) mass is 420 g/mol. The Balaban J connectivity index is 1.45. The number of methoxy groups -OCH3 is 1. The number of nitrogens with one attached hydrogen (secondary N) is 2. The summed E-state index contributed by atoms with van der Waals surface area (Å²) in [7, 11) is 1.30. The topological polar surface area (TPSA) is 107 Å². The van der Waals surface area contributed by atoms with Crippen molar-refractivity contribution in [3.05, 3.63) is 95.5 Å². The van der Waals surface area contributed by atoms with Crippen LogP contribution in [0, 0.1) is 0 Å². The second-order valence-electron chi connectivity index (χ2n) is 6.26. The molecule has 1 heterocycles. The third-order valence-corrected chi connectivity index (χ3v) is 4.07. The summed E-state index contributed by atoms with van der Waals surface area (Å²) in [6.45, 7) is 0.168. The first kappa shape index (κ1) is 21.4. The maximum atomic E-state index is 12.1. The first-order chi connectivity index (χ1) is 15.0. The molecule has 31 heavy (non-hydrogen) atoms. The molecule has 2 N–H and O–H groups in total. The van der Waals surface area contributed by atoms with Crippen LogP contribution in [0.5, 0.6) is 5.75 Å². The molecule has 8 nitrogen and oxygen atoms in total. The van der Waals surface area contributed by atoms with Gasteiger partial charge in [-0.05, 0) is 48.0 Å². The summed E-state index contributed by atoms with van der Waals surface area (Å²) in [5.41, 5.74) is 5.64. The second kappa shape index (κ2) is 10.4. The number of ether oxygens (including phenoxy) is 2. The summed E-state index contributed by atoms with van der Waals surface area (Å²) in [6, 6.07) is 18.8. The minimum absolute atomic E-state index is 0.0364. The van der Waals surface area contributed by atoms with E-state index in [1.54, 1.807) is 30.3 Å². The van der Waals surface area contributed by atoms with Crippen LogP contribution in [0.25, 0.3) is 6.08 Å². The van der Waals surface area contributed by atoms with E-state index in [2.05, 4.69) is 15.6 Å². The molecule has 0 atom stereocenters. The second-order valence-corrected chi connectivity index (χ2v) is 6.26. The molecule has 0 radical (unpaired) electrons. The molecule has 0 bridgehead atoms. The zero-order valence-electron chi connectivity index (χ0n) is 16.7. The number of hydrogen-bond acceptors (Lipinski definition) is 6. The summed E-state index contributed by atoms with van der Waals surface area (Å²) in [5.74, 6) is -0.391. The molecule has 0 aliphatic rings. The average Bonchev–Trinajstić information content (AvgIpc) is 3.29. The number of para-hydroxylation sites is 1. The predicted octanol–water partition coefficient (Wildman–Crippen LogP) is 3.12. The van der Waals surface area contributed by atoms with Crippen LogP contribution in [0.1, 0.15) is 32.2 Å². The largest absolute Gasteiger partial charge is 0.486 e. The van der Waals surface area contributed by atoms with Crippen LogP contribution in [0.3, 0.4) is 0 Å². The number of esters is 1. The maximum absolute atomic E-state index is 12.1. The van der Waals surface area contributed by atoms with Gasteiger partial charge in [-0.15, -0.1) is 0 Å². The number of carbonyl (C=O) groups is 3. The van der Waals surface area contributed by atoms with Gasteiger partial charge in [0.2, 0.25) is 0 Å². The lowest BCUT2D eigenvalue weighted by atomic mass is 10.1. The van der Waals surface area contributed by atoms with E-state index in [1.807, 2.05) is 30.3 Å². The third kappa shape index (κ3) is 6.33. The molecule has 158 valence electrons. The van der Waals surface area contributed by atoms with E-state index in [1.165, 1.54) is 25.3 Å². The van der Waals surface area contributed by atoms with Crippen molar-refractivity contribution in [3.8, 4) is 5.75 Å². The van der Waals surface area contributed by atoms with Crippen molar-refractivity contribution in [3.63, 3.8) is 0 Å². The summed E-state index contributed by atoms with van der Waals surface area (Å²) >= 11 is 0. The van der Waals surface area contributed by atoms with E-state index in [0.717, 1.165) is 0 Å². The van der Waals surface area contributed by atoms with E-state index in [9.17, 15) is 14.4 Å². The Hall–Kier alpha value is -4.33. The molecule has 8 heteroatoms. The normalized spacial score (nSPS) is 10.5. The number of hydrazine groups is 1. The number of amides is 2. The van der Waals surface area contributed by atoms with Crippen LogP contribution >= 0.6 is 0 Å². The fraction of sp³-hybridized carbons (Fsp3) is 0.0870. The molecule has 0 unspecified atom stereocenters. The summed E-state index contributed by atoms with van der Waals surface area (Å²) < 4.78 is 15.6. The van der Waals surface area contributed by atoms with Crippen LogP contribution in [0.15, 0.2) is 77.2 Å². The van der Waals surface area contributed by atoms with Crippen molar-refractivity contribution >= 4 is 23.9 Å². The Bertz CT molecular complexity index is 1070. The third-order valence-electron chi connectivity index (χ3n) is 4.07. The number of benzene rings is 2. The van der Waals surface area contributed by atoms with Crippen LogP contribution in [-0.4, -0.2) is 24.9 Å². The van der Waals surface area contributed by atoms with Gasteiger partial charge in [-0.25, -0.2) is 4.79 Å². The van der Waals surface area contributed by atoms with Gasteiger partial charge < -0.3 is 13.9 Å². The summed E-state index contributed by atoms with van der Waals surface area (Å²) in [6.07, 6.45) is 2.78. The van der Waals surface area contributed by atoms with Gasteiger partial charge in [0, 0.05) is 6.08 Å². The van der Waals surface area contributed by atoms with Crippen molar-refractivity contribution < 1.29 is 28.3 Å². The smallest absolute Gasteiger partial charge is 0.337 e. The van der Waals surface area contributed by atoms with Crippen molar-refractivity contribution in [1.29, 1.82) is 0 Å². The highest BCUT2D eigenvalue weighted by Crippen LogP contribution is 2.14. The molecule has 2 aromatic carbocycles. The van der Waals surface area contributed by atoms with Crippen molar-refractivity contribution in [1.82, 2.24) is 10.9 Å². The Morgan fingerprint density at radius 3 is 2.39 bits per heavy atom. The van der Waals surface area contributed by atoms with E-state index < -0.39 is 17.8 Å². The number of hydrogen-bond donors (Lipinski definition) is 2. The van der Waals surface area contributed by atoms with Crippen LogP contribution < -0.4 is 15.6 Å². The Morgan fingerprint density at radius 2 is 1.68 bits per heavy atom. The minimum Gasteiger partial charge on any atom is -0.486 e. The van der Waals surface area contributed by atoms with Crippen LogP contribution in [0.4, 0.5) is 0 Å². The Labute approximate surface area is 178 Å². The molecule has 0 saturated carbocycles. The molecule has 1 aromatic heterocycles. The Morgan fingerprint density at radius 1 is 0.935 bits per heavy atom. The van der Waals surface area contributed by atoms with Gasteiger partial charge >= 0.3 is 11.9 Å². The summed E-state index contributed by atoms with van der Waals surface area (Å²) in [4.78, 5) is 35.4. The molecule has 0 spiro atoms. The highest BCUT2D eigenvalue weighted by molar-refractivity contribution is 5.96. The number of furan rings is 1. The van der Waals surface area contributed by atoms with E-state index in [4.69, 9.17) is 9.15 Å². The van der Waals surface area contributed by atoms with E-state index in [0.29, 0.717) is 22.6 Å². The first-order valence-corrected chi connectivity index (χ1v) is 9.28. The van der Waals surface area contributed by atoms with Crippen LogP contribution in [0.2, 0.25) is 0 Å². The van der Waals surface area contributed by atoms with Gasteiger partial charge in [-0.2, -0.15) is 0 Å². The first-order valence-electron chi connectivity index (χ1n) is 9.28. The van der Waals surface area contributed by atoms with Gasteiger partial charge in [0.25, 0.3) is 5.91 Å². The molecular formula is C23H20N2O6. The van der Waals surface area contributed by atoms with Crippen molar-refractivity contribution in [2.75, 3.05) is 7.11 Å². The predicted molar refractivity (Wildman–Crippen MR) is 112 cm³/mol. The van der Waals surface area contributed by atoms with Gasteiger partial charge in [0.15, 0.2) is 5.76 Å². The van der Waals surface area contributed by atoms with Gasteiger partial charge in [-0.1, -0.05) is 30.3 Å². The highest BCUT2D eigenvalue weighted by Gasteiger charge is 2.12. The molecule has 3 rings (SSSR count). The average molecular weight is 420 g/mol. The molecule has 3 aromatic rings. The molecule has 0 saturated heterocycles. The van der Waals surface area contributed by atoms with Gasteiger partial charge in [0.1, 0.15) is 18.1 Å². The standard InChI is InChI=1S/C23H20N2O6/c1-29-23(28)17-10-7-16(8-11-17)9-14-21(26)24-25-22(27)20-13-12-19(31-20)15-30-18-5-3-2-4-6-18/h2-14H,15H2,1H3,(H,24,26)(H,25,27)/b14-9+. The van der Waals surface area contributed by atoms with Gasteiger partial charge in [0.05, 0.1) is 12.7 Å².